The molecule has 8 heteroatoms. The fourth-order valence-corrected chi connectivity index (χ4v) is 2.69. The summed E-state index contributed by atoms with van der Waals surface area (Å²) in [6.07, 6.45) is -1.07. The molecule has 0 aliphatic rings. The van der Waals surface area contributed by atoms with E-state index in [0.717, 1.165) is 6.07 Å². The van der Waals surface area contributed by atoms with E-state index in [0.29, 0.717) is 17.0 Å². The van der Waals surface area contributed by atoms with Crippen LogP contribution < -0.4 is 5.32 Å². The summed E-state index contributed by atoms with van der Waals surface area (Å²) >= 11 is 0. The average Bonchev–Trinajstić information content (AvgIpc) is 2.90. The van der Waals surface area contributed by atoms with Crippen molar-refractivity contribution in [2.45, 2.75) is 40.3 Å². The van der Waals surface area contributed by atoms with Crippen LogP contribution in [0, 0.1) is 19.7 Å². The van der Waals surface area contributed by atoms with Gasteiger partial charge in [0.25, 0.3) is 5.91 Å². The van der Waals surface area contributed by atoms with Crippen molar-refractivity contribution >= 4 is 23.5 Å². The van der Waals surface area contributed by atoms with Gasteiger partial charge in [-0.05, 0) is 52.0 Å². The summed E-state index contributed by atoms with van der Waals surface area (Å²) in [6, 6.07) is 7.04. The zero-order chi connectivity index (χ0) is 20.8. The number of carbonyl (C=O) groups excluding carboxylic acids is 3. The first-order chi connectivity index (χ1) is 13.2. The van der Waals surface area contributed by atoms with Crippen LogP contribution >= 0.6 is 0 Å². The van der Waals surface area contributed by atoms with Gasteiger partial charge in [-0.25, -0.2) is 9.18 Å². The molecule has 150 valence electrons. The van der Waals surface area contributed by atoms with Gasteiger partial charge in [-0.2, -0.15) is 0 Å². The number of esters is 2. The Morgan fingerprint density at radius 2 is 1.93 bits per heavy atom. The van der Waals surface area contributed by atoms with Crippen molar-refractivity contribution in [2.24, 2.45) is 0 Å². The normalized spacial score (nSPS) is 11.6. The number of halogens is 1. The molecular formula is C20H23FN2O5. The molecule has 2 rings (SSSR count). The van der Waals surface area contributed by atoms with Crippen LogP contribution in [0.15, 0.2) is 30.3 Å². The van der Waals surface area contributed by atoms with Crippen LogP contribution in [0.2, 0.25) is 0 Å². The smallest absolute Gasteiger partial charge is 0.339 e. The standard InChI is InChI=1S/C20H23FN2O5/c1-5-27-20(26)17-9-12(2)23(13(17)3)11-18(24)28-14(4)19(25)22-16-8-6-7-15(21)10-16/h6-10,14H,5,11H2,1-4H3,(H,22,25)/t14-/m1/s1. The van der Waals surface area contributed by atoms with Gasteiger partial charge < -0.3 is 19.4 Å². The van der Waals surface area contributed by atoms with E-state index in [1.807, 2.05) is 0 Å². The van der Waals surface area contributed by atoms with Gasteiger partial charge in [0.05, 0.1) is 12.2 Å². The average molecular weight is 390 g/mol. The molecule has 0 aliphatic heterocycles. The maximum Gasteiger partial charge on any atom is 0.339 e. The molecule has 1 aromatic heterocycles. The number of hydrogen-bond acceptors (Lipinski definition) is 5. The number of carbonyl (C=O) groups is 3. The molecule has 0 saturated carbocycles. The Bertz CT molecular complexity index is 891. The molecule has 0 bridgehead atoms. The van der Waals surface area contributed by atoms with Gasteiger partial charge in [-0.1, -0.05) is 6.07 Å². The number of anilines is 1. The van der Waals surface area contributed by atoms with Gasteiger partial charge in [0.2, 0.25) is 0 Å². The van der Waals surface area contributed by atoms with Crippen LogP contribution in [-0.2, 0) is 25.6 Å². The Labute approximate surface area is 162 Å². The van der Waals surface area contributed by atoms with Crippen LogP contribution in [0.5, 0.6) is 0 Å². The molecule has 0 aliphatic carbocycles. The second kappa shape index (κ2) is 9.16. The van der Waals surface area contributed by atoms with E-state index >= 15 is 0 Å². The summed E-state index contributed by atoms with van der Waals surface area (Å²) in [5.41, 5.74) is 1.91. The number of benzene rings is 1. The second-order valence-electron chi connectivity index (χ2n) is 6.22. The van der Waals surface area contributed by atoms with Crippen molar-refractivity contribution in [3.05, 3.63) is 53.1 Å². The lowest BCUT2D eigenvalue weighted by Gasteiger charge is -2.15. The first kappa shape index (κ1) is 21.1. The van der Waals surface area contributed by atoms with Gasteiger partial charge in [0.1, 0.15) is 12.4 Å². The van der Waals surface area contributed by atoms with Crippen LogP contribution in [0.3, 0.4) is 0 Å². The van der Waals surface area contributed by atoms with Crippen molar-refractivity contribution in [3.8, 4) is 0 Å². The lowest BCUT2D eigenvalue weighted by Crippen LogP contribution is -2.31. The van der Waals surface area contributed by atoms with E-state index < -0.39 is 29.8 Å². The third-order valence-electron chi connectivity index (χ3n) is 4.13. The van der Waals surface area contributed by atoms with Crippen molar-refractivity contribution < 1.29 is 28.2 Å². The number of ether oxygens (including phenoxy) is 2. The molecular weight excluding hydrogens is 367 g/mol. The fraction of sp³-hybridized carbons (Fsp3) is 0.350. The number of hydrogen-bond donors (Lipinski definition) is 1. The largest absolute Gasteiger partial charge is 0.462 e. The zero-order valence-corrected chi connectivity index (χ0v) is 16.2. The summed E-state index contributed by atoms with van der Waals surface area (Å²) < 4.78 is 25.0. The molecule has 1 atom stereocenters. The van der Waals surface area contributed by atoms with Gasteiger partial charge in [-0.3, -0.25) is 9.59 Å². The molecule has 0 fully saturated rings. The maximum absolute atomic E-state index is 13.2. The van der Waals surface area contributed by atoms with Gasteiger partial charge in [0, 0.05) is 17.1 Å². The minimum atomic E-state index is -1.07. The quantitative estimate of drug-likeness (QED) is 0.735. The van der Waals surface area contributed by atoms with Gasteiger partial charge in [0.15, 0.2) is 6.10 Å². The Morgan fingerprint density at radius 3 is 2.57 bits per heavy atom. The third kappa shape index (κ3) is 5.18. The molecule has 0 radical (unpaired) electrons. The van der Waals surface area contributed by atoms with Crippen molar-refractivity contribution in [2.75, 3.05) is 11.9 Å². The van der Waals surface area contributed by atoms with E-state index in [9.17, 15) is 18.8 Å². The monoisotopic (exact) mass is 390 g/mol. The highest BCUT2D eigenvalue weighted by atomic mass is 19.1. The number of nitrogens with one attached hydrogen (secondary N) is 1. The molecule has 0 unspecified atom stereocenters. The summed E-state index contributed by atoms with van der Waals surface area (Å²) in [5.74, 6) is -2.16. The second-order valence-corrected chi connectivity index (χ2v) is 6.22. The minimum Gasteiger partial charge on any atom is -0.462 e. The van der Waals surface area contributed by atoms with Crippen LogP contribution in [-0.4, -0.2) is 35.1 Å². The van der Waals surface area contributed by atoms with E-state index in [2.05, 4.69) is 5.32 Å². The molecule has 1 aromatic carbocycles. The Kier molecular flexibility index (Phi) is 6.92. The summed E-state index contributed by atoms with van der Waals surface area (Å²) in [4.78, 5) is 36.3. The molecule has 0 spiro atoms. The van der Waals surface area contributed by atoms with E-state index in [-0.39, 0.29) is 18.8 Å². The van der Waals surface area contributed by atoms with Crippen LogP contribution in [0.1, 0.15) is 35.6 Å². The predicted molar refractivity (Wildman–Crippen MR) is 100 cm³/mol. The summed E-state index contributed by atoms with van der Waals surface area (Å²) in [7, 11) is 0. The lowest BCUT2D eigenvalue weighted by atomic mass is 10.2. The molecule has 7 nitrogen and oxygen atoms in total. The van der Waals surface area contributed by atoms with Crippen molar-refractivity contribution in [1.29, 1.82) is 0 Å². The molecule has 1 amide bonds. The molecule has 1 heterocycles. The number of aromatic nitrogens is 1. The van der Waals surface area contributed by atoms with Gasteiger partial charge >= 0.3 is 11.9 Å². The van der Waals surface area contributed by atoms with E-state index in [4.69, 9.17) is 9.47 Å². The number of rotatable bonds is 7. The maximum atomic E-state index is 13.2. The first-order valence-corrected chi connectivity index (χ1v) is 8.82. The highest BCUT2D eigenvalue weighted by Gasteiger charge is 2.21. The molecule has 1 N–H and O–H groups in total. The minimum absolute atomic E-state index is 0.158. The highest BCUT2D eigenvalue weighted by Crippen LogP contribution is 2.17. The molecule has 0 saturated heterocycles. The number of aryl methyl sites for hydroxylation is 1. The summed E-state index contributed by atoms with van der Waals surface area (Å²) in [5, 5.41) is 2.48. The molecule has 28 heavy (non-hydrogen) atoms. The Hall–Kier alpha value is -3.16. The van der Waals surface area contributed by atoms with Gasteiger partial charge in [-0.15, -0.1) is 0 Å². The summed E-state index contributed by atoms with van der Waals surface area (Å²) in [6.45, 7) is 6.68. The van der Waals surface area contributed by atoms with Crippen LogP contribution in [0.4, 0.5) is 10.1 Å². The van der Waals surface area contributed by atoms with Crippen molar-refractivity contribution in [3.63, 3.8) is 0 Å². The third-order valence-corrected chi connectivity index (χ3v) is 4.13. The SMILES string of the molecule is CCOC(=O)c1cc(C)n(CC(=O)O[C@H](C)C(=O)Nc2cccc(F)c2)c1C. The highest BCUT2D eigenvalue weighted by molar-refractivity contribution is 5.95. The zero-order valence-electron chi connectivity index (χ0n) is 16.2. The molecule has 2 aromatic rings. The van der Waals surface area contributed by atoms with E-state index in [1.165, 1.54) is 25.1 Å². The predicted octanol–water partition coefficient (Wildman–Crippen LogP) is 2.99. The number of amides is 1. The van der Waals surface area contributed by atoms with Crippen molar-refractivity contribution in [1.82, 2.24) is 4.57 Å². The fourth-order valence-electron chi connectivity index (χ4n) is 2.69. The van der Waals surface area contributed by atoms with E-state index in [1.54, 1.807) is 31.4 Å². The van der Waals surface area contributed by atoms with Crippen LogP contribution in [0.25, 0.3) is 0 Å². The topological polar surface area (TPSA) is 86.6 Å². The Morgan fingerprint density at radius 1 is 1.21 bits per heavy atom. The number of nitrogens with zero attached hydrogens (tertiary/aromatic N) is 1. The lowest BCUT2D eigenvalue weighted by molar-refractivity contribution is -0.153. The first-order valence-electron chi connectivity index (χ1n) is 8.82. The Balaban J connectivity index is 1.99.